The fourth-order valence-electron chi connectivity index (χ4n) is 4.13. The monoisotopic (exact) mass is 486 g/mol. The molecule has 0 saturated carbocycles. The van der Waals surface area contributed by atoms with Gasteiger partial charge < -0.3 is 15.1 Å². The molecule has 1 saturated heterocycles. The highest BCUT2D eigenvalue weighted by Crippen LogP contribution is 2.50. The molecule has 0 radical (unpaired) electrons. The van der Waals surface area contributed by atoms with Crippen molar-refractivity contribution >= 4 is 45.6 Å². The van der Waals surface area contributed by atoms with Crippen molar-refractivity contribution in [2.45, 2.75) is 44.4 Å². The molecule has 2 amide bonds. The largest absolute Gasteiger partial charge is 0.477 e. The molecule has 0 spiro atoms. The van der Waals surface area contributed by atoms with Crippen LogP contribution in [-0.4, -0.2) is 63.1 Å². The minimum Gasteiger partial charge on any atom is -0.477 e. The highest BCUT2D eigenvalue weighted by Gasteiger charge is 2.58. The number of nitrogens with zero attached hydrogens (tertiary/aromatic N) is 2. The molecule has 0 aliphatic carbocycles. The summed E-state index contributed by atoms with van der Waals surface area (Å²) in [7, 11) is -4.81. The predicted molar refractivity (Wildman–Crippen MR) is 113 cm³/mol. The van der Waals surface area contributed by atoms with Gasteiger partial charge in [0.15, 0.2) is 5.06 Å². The zero-order valence-electron chi connectivity index (χ0n) is 17.3. The van der Waals surface area contributed by atoms with Crippen molar-refractivity contribution in [3.05, 3.63) is 40.9 Å². The number of thioether (sulfide) groups is 1. The summed E-state index contributed by atoms with van der Waals surface area (Å²) in [5.41, 5.74) is 0.0394. The summed E-state index contributed by atoms with van der Waals surface area (Å²) < 4.78 is 35.4. The van der Waals surface area contributed by atoms with E-state index in [1.165, 1.54) is 20.8 Å². The summed E-state index contributed by atoms with van der Waals surface area (Å²) in [6, 6.07) is 7.58. The van der Waals surface area contributed by atoms with Crippen molar-refractivity contribution in [1.82, 2.24) is 4.90 Å². The van der Waals surface area contributed by atoms with Gasteiger partial charge >= 0.3 is 16.4 Å². The molecule has 13 heteroatoms. The number of hydrogen-bond acceptors (Lipinski definition) is 8. The molecule has 4 atom stereocenters. The standard InChI is InChI=1S/C19H22N2O9S2/c1-10(30-32(27,28)29)15-13-9-14(16(18(24)25)20(13)17(15)23)31-19(3,26)21(11(2)22)12-7-5-4-6-8-12/h4-8,10,13,15,26H,9H2,1-3H3,(H,24,25)(H,27,28,29)/t10-,13+,15-,19+/m0/s1. The molecular weight excluding hydrogens is 464 g/mol. The third-order valence-electron chi connectivity index (χ3n) is 5.21. The third-order valence-corrected chi connectivity index (χ3v) is 6.93. The third kappa shape index (κ3) is 4.52. The average molecular weight is 487 g/mol. The quantitative estimate of drug-likeness (QED) is 0.276. The Bertz CT molecular complexity index is 1090. The van der Waals surface area contributed by atoms with E-state index in [0.717, 1.165) is 9.80 Å². The van der Waals surface area contributed by atoms with Gasteiger partial charge in [-0.05, 0) is 26.0 Å². The van der Waals surface area contributed by atoms with Gasteiger partial charge in [-0.1, -0.05) is 30.0 Å². The van der Waals surface area contributed by atoms with Gasteiger partial charge in [-0.2, -0.15) is 8.42 Å². The number of carboxylic acid groups (broad SMARTS) is 1. The van der Waals surface area contributed by atoms with E-state index in [0.29, 0.717) is 17.4 Å². The first-order valence-electron chi connectivity index (χ1n) is 9.47. The number of aliphatic carboxylic acids is 1. The molecule has 2 aliphatic rings. The summed E-state index contributed by atoms with van der Waals surface area (Å²) in [6.45, 7) is 3.87. The molecule has 3 rings (SSSR count). The summed E-state index contributed by atoms with van der Waals surface area (Å²) in [5.74, 6) is -3.58. The van der Waals surface area contributed by atoms with Crippen LogP contribution in [-0.2, 0) is 29.0 Å². The number of carbonyl (C=O) groups excluding carboxylic acids is 2. The zero-order chi connectivity index (χ0) is 24.0. The van der Waals surface area contributed by atoms with Crippen LogP contribution in [0.15, 0.2) is 40.9 Å². The van der Waals surface area contributed by atoms with Gasteiger partial charge in [0.1, 0.15) is 5.70 Å². The maximum atomic E-state index is 12.6. The number of carboxylic acids is 1. The van der Waals surface area contributed by atoms with Crippen molar-refractivity contribution in [3.63, 3.8) is 0 Å². The molecule has 11 nitrogen and oxygen atoms in total. The molecular formula is C19H22N2O9S2. The smallest absolute Gasteiger partial charge is 0.397 e. The second-order valence-corrected chi connectivity index (χ2v) is 10.1. The Balaban J connectivity index is 1.90. The predicted octanol–water partition coefficient (Wildman–Crippen LogP) is 1.17. The molecule has 0 bridgehead atoms. The van der Waals surface area contributed by atoms with Crippen LogP contribution in [0.3, 0.4) is 0 Å². The number of β-lactam (4-membered cyclic amide) rings is 1. The minimum atomic E-state index is -4.81. The number of amides is 2. The van der Waals surface area contributed by atoms with Crippen molar-refractivity contribution in [3.8, 4) is 0 Å². The number of carbonyl (C=O) groups is 3. The maximum absolute atomic E-state index is 12.6. The Morgan fingerprint density at radius 2 is 1.91 bits per heavy atom. The molecule has 2 aliphatic heterocycles. The number of rotatable bonds is 8. The van der Waals surface area contributed by atoms with Crippen LogP contribution in [0.25, 0.3) is 0 Å². The molecule has 174 valence electrons. The summed E-state index contributed by atoms with van der Waals surface area (Å²) >= 11 is 0.711. The van der Waals surface area contributed by atoms with Gasteiger partial charge in [0.25, 0.3) is 0 Å². The molecule has 32 heavy (non-hydrogen) atoms. The minimum absolute atomic E-state index is 0.00142. The van der Waals surface area contributed by atoms with Crippen LogP contribution in [0.1, 0.15) is 27.2 Å². The molecule has 1 aromatic rings. The van der Waals surface area contributed by atoms with Gasteiger partial charge in [0, 0.05) is 23.9 Å². The van der Waals surface area contributed by atoms with Crippen LogP contribution < -0.4 is 4.90 Å². The lowest BCUT2D eigenvalue weighted by molar-refractivity contribution is -0.160. The molecule has 2 heterocycles. The van der Waals surface area contributed by atoms with Crippen LogP contribution in [0.4, 0.5) is 5.69 Å². The first kappa shape index (κ1) is 24.2. The second-order valence-electron chi connectivity index (χ2n) is 7.54. The van der Waals surface area contributed by atoms with Crippen LogP contribution >= 0.6 is 11.8 Å². The van der Waals surface area contributed by atoms with E-state index in [-0.39, 0.29) is 17.0 Å². The van der Waals surface area contributed by atoms with Gasteiger partial charge in [0.2, 0.25) is 11.8 Å². The fraction of sp³-hybridized carbons (Fsp3) is 0.421. The van der Waals surface area contributed by atoms with Gasteiger partial charge in [-0.3, -0.25) is 19.0 Å². The van der Waals surface area contributed by atoms with E-state index in [1.807, 2.05) is 0 Å². The average Bonchev–Trinajstić information content (AvgIpc) is 2.94. The number of fused-ring (bicyclic) bond motifs is 1. The number of benzene rings is 1. The van der Waals surface area contributed by atoms with E-state index >= 15 is 0 Å². The van der Waals surface area contributed by atoms with E-state index < -0.39 is 51.3 Å². The summed E-state index contributed by atoms with van der Waals surface area (Å²) in [6.07, 6.45) is -1.23. The molecule has 1 aromatic carbocycles. The lowest BCUT2D eigenvalue weighted by Crippen LogP contribution is -2.62. The SMILES string of the molecule is CC(=O)N(c1ccccc1)[C@](C)(O)SC1=C(C(=O)O)N2C(=O)[C@@H]([C@H](C)OS(=O)(=O)O)[C@H]2C1. The maximum Gasteiger partial charge on any atom is 0.397 e. The molecule has 3 N–H and O–H groups in total. The Morgan fingerprint density at radius 3 is 2.41 bits per heavy atom. The van der Waals surface area contributed by atoms with Crippen LogP contribution in [0.5, 0.6) is 0 Å². The van der Waals surface area contributed by atoms with Gasteiger partial charge in [-0.15, -0.1) is 0 Å². The van der Waals surface area contributed by atoms with E-state index in [1.54, 1.807) is 30.3 Å². The van der Waals surface area contributed by atoms with Crippen molar-refractivity contribution in [1.29, 1.82) is 0 Å². The van der Waals surface area contributed by atoms with Gasteiger partial charge in [0.05, 0.1) is 18.1 Å². The molecule has 1 fully saturated rings. The van der Waals surface area contributed by atoms with Crippen molar-refractivity contribution in [2.75, 3.05) is 4.90 Å². The topological polar surface area (TPSA) is 162 Å². The highest BCUT2D eigenvalue weighted by molar-refractivity contribution is 8.04. The fourth-order valence-corrected chi connectivity index (χ4v) is 5.96. The van der Waals surface area contributed by atoms with E-state index in [2.05, 4.69) is 4.18 Å². The zero-order valence-corrected chi connectivity index (χ0v) is 19.0. The summed E-state index contributed by atoms with van der Waals surface area (Å²) in [4.78, 5) is 39.1. The molecule has 0 unspecified atom stereocenters. The number of aliphatic hydroxyl groups is 1. The first-order valence-corrected chi connectivity index (χ1v) is 11.6. The Kier molecular flexibility index (Phi) is 6.41. The normalized spacial score (nSPS) is 23.3. The first-order chi connectivity index (χ1) is 14.7. The van der Waals surface area contributed by atoms with Crippen molar-refractivity contribution in [2.24, 2.45) is 5.92 Å². The lowest BCUT2D eigenvalue weighted by Gasteiger charge is -2.45. The molecule has 0 aromatic heterocycles. The number of hydrogen-bond donors (Lipinski definition) is 3. The summed E-state index contributed by atoms with van der Waals surface area (Å²) in [5, 5.41) is 18.9. The van der Waals surface area contributed by atoms with Crippen molar-refractivity contribution < 1.29 is 41.8 Å². The number of anilines is 1. The van der Waals surface area contributed by atoms with Crippen LogP contribution in [0.2, 0.25) is 0 Å². The highest BCUT2D eigenvalue weighted by atomic mass is 32.3. The Hall–Kier alpha value is -2.45. The Morgan fingerprint density at radius 1 is 1.31 bits per heavy atom. The lowest BCUT2D eigenvalue weighted by atomic mass is 9.83. The van der Waals surface area contributed by atoms with E-state index in [4.69, 9.17) is 4.55 Å². The Labute approximate surface area is 188 Å². The second kappa shape index (κ2) is 8.48. The van der Waals surface area contributed by atoms with E-state index in [9.17, 15) is 33.0 Å². The number of para-hydroxylation sites is 1. The van der Waals surface area contributed by atoms with Gasteiger partial charge in [-0.25, -0.2) is 8.98 Å². The van der Waals surface area contributed by atoms with Crippen LogP contribution in [0, 0.1) is 5.92 Å².